The molecule has 1 atom stereocenters. The molecule has 1 fully saturated rings. The van der Waals surface area contributed by atoms with E-state index in [2.05, 4.69) is 27.3 Å². The molecular weight excluding hydrogens is 282 g/mol. The van der Waals surface area contributed by atoms with Crippen molar-refractivity contribution in [2.75, 3.05) is 6.54 Å². The van der Waals surface area contributed by atoms with Gasteiger partial charge < -0.3 is 5.32 Å². The van der Waals surface area contributed by atoms with Crippen LogP contribution in [0.5, 0.6) is 0 Å². The van der Waals surface area contributed by atoms with E-state index in [9.17, 15) is 0 Å². The molecule has 1 saturated carbocycles. The first-order chi connectivity index (χ1) is 7.83. The largest absolute Gasteiger partial charge is 0.310 e. The highest BCUT2D eigenvalue weighted by atomic mass is 79.9. The number of hydrogen-bond donors (Lipinski definition) is 1. The van der Waals surface area contributed by atoms with Crippen LogP contribution in [0.3, 0.4) is 0 Å². The number of fused-ring (bicyclic) bond motifs is 1. The van der Waals surface area contributed by atoms with Gasteiger partial charge in [-0.05, 0) is 65.7 Å². The number of nitrogens with one attached hydrogen (secondary N) is 1. The molecule has 0 radical (unpaired) electrons. The van der Waals surface area contributed by atoms with Gasteiger partial charge in [0.2, 0.25) is 0 Å². The topological polar surface area (TPSA) is 12.0 Å². The Kier molecular flexibility index (Phi) is 3.37. The number of halogens is 1. The van der Waals surface area contributed by atoms with E-state index in [4.69, 9.17) is 0 Å². The molecule has 0 saturated heterocycles. The minimum Gasteiger partial charge on any atom is -0.310 e. The Bertz CT molecular complexity index is 370. The molecule has 0 spiro atoms. The summed E-state index contributed by atoms with van der Waals surface area (Å²) in [5, 5.41) is 3.75. The molecule has 0 aromatic carbocycles. The highest BCUT2D eigenvalue weighted by Crippen LogP contribution is 2.38. The van der Waals surface area contributed by atoms with Gasteiger partial charge in [0.1, 0.15) is 0 Å². The molecule has 3 rings (SSSR count). The van der Waals surface area contributed by atoms with Crippen molar-refractivity contribution in [2.24, 2.45) is 5.92 Å². The van der Waals surface area contributed by atoms with Crippen LogP contribution in [0.2, 0.25) is 0 Å². The third kappa shape index (κ3) is 2.52. The molecule has 1 aromatic heterocycles. The van der Waals surface area contributed by atoms with Gasteiger partial charge in [0.25, 0.3) is 0 Å². The van der Waals surface area contributed by atoms with Crippen LogP contribution in [0.1, 0.15) is 48.6 Å². The van der Waals surface area contributed by atoms with Gasteiger partial charge in [-0.1, -0.05) is 12.8 Å². The lowest BCUT2D eigenvalue weighted by molar-refractivity contribution is 0.452. The summed E-state index contributed by atoms with van der Waals surface area (Å²) in [4.78, 5) is 1.60. The van der Waals surface area contributed by atoms with Gasteiger partial charge in [-0.2, -0.15) is 0 Å². The van der Waals surface area contributed by atoms with Crippen LogP contribution in [-0.4, -0.2) is 6.54 Å². The van der Waals surface area contributed by atoms with Crippen LogP contribution in [0.25, 0.3) is 0 Å². The number of rotatable bonds is 4. The van der Waals surface area contributed by atoms with Crippen LogP contribution < -0.4 is 5.32 Å². The maximum Gasteiger partial charge on any atom is 0.0704 e. The first-order valence-corrected chi connectivity index (χ1v) is 7.95. The Balaban J connectivity index is 1.61. The second-order valence-corrected chi connectivity index (χ2v) is 7.58. The summed E-state index contributed by atoms with van der Waals surface area (Å²) in [6, 6.07) is 2.96. The summed E-state index contributed by atoms with van der Waals surface area (Å²) in [6.07, 6.45) is 8.29. The van der Waals surface area contributed by atoms with Crippen molar-refractivity contribution in [3.63, 3.8) is 0 Å². The highest BCUT2D eigenvalue weighted by Gasteiger charge is 2.24. The quantitative estimate of drug-likeness (QED) is 0.875. The van der Waals surface area contributed by atoms with Gasteiger partial charge in [0, 0.05) is 10.9 Å². The molecule has 88 valence electrons. The zero-order valence-corrected chi connectivity index (χ0v) is 11.9. The van der Waals surface area contributed by atoms with Gasteiger partial charge in [0.15, 0.2) is 0 Å². The number of aryl methyl sites for hydroxylation is 1. The fraction of sp³-hybridized carbons (Fsp3) is 0.692. The van der Waals surface area contributed by atoms with Gasteiger partial charge in [-0.25, -0.2) is 0 Å². The maximum absolute atomic E-state index is 3.75. The van der Waals surface area contributed by atoms with Gasteiger partial charge >= 0.3 is 0 Å². The average Bonchev–Trinajstić information content (AvgIpc) is 2.99. The summed E-state index contributed by atoms with van der Waals surface area (Å²) in [6.45, 7) is 1.21. The summed E-state index contributed by atoms with van der Waals surface area (Å²) < 4.78 is 1.30. The van der Waals surface area contributed by atoms with Crippen molar-refractivity contribution in [3.8, 4) is 0 Å². The van der Waals surface area contributed by atoms with Crippen LogP contribution >= 0.6 is 27.3 Å². The number of thiophene rings is 1. The van der Waals surface area contributed by atoms with E-state index in [0.717, 1.165) is 5.92 Å². The summed E-state index contributed by atoms with van der Waals surface area (Å²) >= 11 is 5.53. The first-order valence-electron chi connectivity index (χ1n) is 6.34. The van der Waals surface area contributed by atoms with E-state index < -0.39 is 0 Å². The van der Waals surface area contributed by atoms with Gasteiger partial charge in [-0.15, -0.1) is 11.3 Å². The summed E-state index contributed by atoms with van der Waals surface area (Å²) in [5.74, 6) is 1.05. The molecule has 2 aliphatic carbocycles. The lowest BCUT2D eigenvalue weighted by Gasteiger charge is -2.23. The Hall–Kier alpha value is 0.140. The van der Waals surface area contributed by atoms with Crippen LogP contribution in [0.4, 0.5) is 0 Å². The van der Waals surface area contributed by atoms with Crippen molar-refractivity contribution in [1.82, 2.24) is 5.32 Å². The molecule has 3 heteroatoms. The van der Waals surface area contributed by atoms with Gasteiger partial charge in [-0.3, -0.25) is 0 Å². The third-order valence-corrected chi connectivity index (χ3v) is 5.44. The summed E-state index contributed by atoms with van der Waals surface area (Å²) in [7, 11) is 0. The molecule has 1 N–H and O–H groups in total. The molecule has 0 aliphatic heterocycles. The van der Waals surface area contributed by atoms with Crippen LogP contribution in [-0.2, 0) is 6.42 Å². The van der Waals surface area contributed by atoms with Crippen molar-refractivity contribution in [3.05, 3.63) is 20.3 Å². The van der Waals surface area contributed by atoms with E-state index >= 15 is 0 Å². The van der Waals surface area contributed by atoms with Crippen molar-refractivity contribution >= 4 is 27.3 Å². The van der Waals surface area contributed by atoms with E-state index in [1.807, 2.05) is 11.3 Å². The van der Waals surface area contributed by atoms with Gasteiger partial charge in [0.05, 0.1) is 3.79 Å². The highest BCUT2D eigenvalue weighted by molar-refractivity contribution is 9.11. The Morgan fingerprint density at radius 1 is 1.38 bits per heavy atom. The third-order valence-electron chi connectivity index (χ3n) is 3.72. The fourth-order valence-corrected chi connectivity index (χ4v) is 4.42. The molecule has 1 heterocycles. The fourth-order valence-electron chi connectivity index (χ4n) is 2.60. The van der Waals surface area contributed by atoms with Crippen molar-refractivity contribution in [2.45, 2.75) is 44.6 Å². The second kappa shape index (κ2) is 4.79. The van der Waals surface area contributed by atoms with Crippen LogP contribution in [0.15, 0.2) is 9.85 Å². The normalized spacial score (nSPS) is 24.4. The Morgan fingerprint density at radius 2 is 2.25 bits per heavy atom. The molecule has 16 heavy (non-hydrogen) atoms. The second-order valence-electron chi connectivity index (χ2n) is 5.06. The van der Waals surface area contributed by atoms with Crippen molar-refractivity contribution < 1.29 is 0 Å². The Labute approximate surface area is 110 Å². The zero-order chi connectivity index (χ0) is 11.0. The lowest BCUT2D eigenvalue weighted by Crippen LogP contribution is -2.25. The van der Waals surface area contributed by atoms with Crippen LogP contribution in [0, 0.1) is 5.92 Å². The number of hydrogen-bond acceptors (Lipinski definition) is 2. The minimum absolute atomic E-state index is 0.630. The SMILES string of the molecule is Brc1cc2c(s1)CCCC2NCCC1CC1. The van der Waals surface area contributed by atoms with Crippen molar-refractivity contribution in [1.29, 1.82) is 0 Å². The minimum atomic E-state index is 0.630. The standard InChI is InChI=1S/C13H18BrNS/c14-13-8-10-11(2-1-3-12(10)16-13)15-7-6-9-4-5-9/h8-9,11,15H,1-7H2. The smallest absolute Gasteiger partial charge is 0.0704 e. The van der Waals surface area contributed by atoms with E-state index in [-0.39, 0.29) is 0 Å². The van der Waals surface area contributed by atoms with E-state index in [0.29, 0.717) is 6.04 Å². The Morgan fingerprint density at radius 3 is 3.06 bits per heavy atom. The van der Waals surface area contributed by atoms with E-state index in [1.165, 1.54) is 48.9 Å². The molecule has 0 bridgehead atoms. The predicted molar refractivity (Wildman–Crippen MR) is 73.0 cm³/mol. The first kappa shape index (κ1) is 11.2. The lowest BCUT2D eigenvalue weighted by atomic mass is 9.94. The molecule has 2 aliphatic rings. The van der Waals surface area contributed by atoms with E-state index in [1.54, 1.807) is 10.4 Å². The maximum atomic E-state index is 3.75. The molecule has 0 amide bonds. The summed E-state index contributed by atoms with van der Waals surface area (Å²) in [5.41, 5.74) is 1.57. The molecule has 1 nitrogen and oxygen atoms in total. The molecule has 1 aromatic rings. The molecule has 1 unspecified atom stereocenters. The molecular formula is C13H18BrNS. The zero-order valence-electron chi connectivity index (χ0n) is 9.47. The predicted octanol–water partition coefficient (Wildman–Crippen LogP) is 4.28. The average molecular weight is 300 g/mol. The monoisotopic (exact) mass is 299 g/mol.